The molecule has 2 rings (SSSR count). The first-order valence-electron chi connectivity index (χ1n) is 7.69. The van der Waals surface area contributed by atoms with Gasteiger partial charge in [0.25, 0.3) is 0 Å². The van der Waals surface area contributed by atoms with Crippen LogP contribution in [-0.2, 0) is 9.59 Å². The first kappa shape index (κ1) is 16.1. The highest BCUT2D eigenvalue weighted by Gasteiger charge is 2.35. The normalized spacial score (nSPS) is 20.0. The lowest BCUT2D eigenvalue weighted by atomic mass is 9.95. The van der Waals surface area contributed by atoms with Crippen LogP contribution in [0.4, 0.5) is 4.79 Å². The molecular weight excluding hydrogens is 282 g/mol. The number of aliphatic imine (C=N–C) groups is 1. The summed E-state index contributed by atoms with van der Waals surface area (Å²) in [4.78, 5) is 40.8. The number of nitrogens with one attached hydrogen (secondary N) is 1. The van der Waals surface area contributed by atoms with Crippen molar-refractivity contribution in [2.75, 3.05) is 13.1 Å². The van der Waals surface area contributed by atoms with E-state index >= 15 is 0 Å². The Labute approximate surface area is 130 Å². The average Bonchev–Trinajstić information content (AvgIpc) is 2.52. The molecule has 1 atom stereocenters. The van der Waals surface area contributed by atoms with Gasteiger partial charge in [-0.3, -0.25) is 14.5 Å². The van der Waals surface area contributed by atoms with Crippen LogP contribution < -0.4 is 5.32 Å². The van der Waals surface area contributed by atoms with Crippen molar-refractivity contribution in [3.05, 3.63) is 24.3 Å². The number of imide groups is 1. The smallest absolute Gasteiger partial charge is 0.350 e. The van der Waals surface area contributed by atoms with Crippen LogP contribution in [0.2, 0.25) is 0 Å². The summed E-state index contributed by atoms with van der Waals surface area (Å²) >= 11 is 0. The van der Waals surface area contributed by atoms with Crippen LogP contribution in [0.15, 0.2) is 29.3 Å². The van der Waals surface area contributed by atoms with E-state index in [1.165, 1.54) is 4.90 Å². The second-order valence-corrected chi connectivity index (χ2v) is 5.34. The largest absolute Gasteiger partial charge is 0.356 e. The van der Waals surface area contributed by atoms with Crippen molar-refractivity contribution in [3.63, 3.8) is 0 Å². The van der Waals surface area contributed by atoms with Crippen molar-refractivity contribution in [2.45, 2.75) is 32.6 Å². The summed E-state index contributed by atoms with van der Waals surface area (Å²) in [6, 6.07) is -0.508. The van der Waals surface area contributed by atoms with Gasteiger partial charge in [-0.25, -0.2) is 4.79 Å². The number of rotatable bonds is 7. The van der Waals surface area contributed by atoms with Gasteiger partial charge in [0, 0.05) is 19.5 Å². The van der Waals surface area contributed by atoms with Crippen LogP contribution >= 0.6 is 0 Å². The maximum absolute atomic E-state index is 12.3. The zero-order valence-electron chi connectivity index (χ0n) is 12.7. The minimum atomic E-state index is -0.508. The Bertz CT molecular complexity index is 549. The molecule has 118 valence electrons. The number of amides is 4. The number of fused-ring (bicyclic) bond motifs is 1. The van der Waals surface area contributed by atoms with Gasteiger partial charge in [0.05, 0.1) is 11.6 Å². The lowest BCUT2D eigenvalue weighted by Crippen LogP contribution is -2.46. The van der Waals surface area contributed by atoms with E-state index in [4.69, 9.17) is 0 Å². The predicted molar refractivity (Wildman–Crippen MR) is 83.5 cm³/mol. The highest BCUT2D eigenvalue weighted by atomic mass is 16.2. The van der Waals surface area contributed by atoms with E-state index in [-0.39, 0.29) is 11.8 Å². The van der Waals surface area contributed by atoms with Crippen LogP contribution in [0.3, 0.4) is 0 Å². The van der Waals surface area contributed by atoms with E-state index in [1.54, 1.807) is 24.3 Å². The molecule has 0 aromatic heterocycles. The van der Waals surface area contributed by atoms with Crippen molar-refractivity contribution < 1.29 is 14.4 Å². The molecule has 0 saturated carbocycles. The molecule has 6 nitrogen and oxygen atoms in total. The number of carbonyl (C=O) groups excluding carboxylic acids is 3. The zero-order chi connectivity index (χ0) is 15.9. The molecule has 1 aliphatic heterocycles. The molecule has 1 aliphatic carbocycles. The lowest BCUT2D eigenvalue weighted by Gasteiger charge is -2.28. The topological polar surface area (TPSA) is 78.8 Å². The van der Waals surface area contributed by atoms with Gasteiger partial charge in [-0.1, -0.05) is 25.2 Å². The minimum absolute atomic E-state index is 0.0128. The van der Waals surface area contributed by atoms with Crippen molar-refractivity contribution in [3.8, 4) is 0 Å². The Hall–Kier alpha value is -2.24. The standard InChI is InChI=1S/C16H21N3O3/c1-2-10-17-14(20)9-5-6-11-19-15(21)12-7-3-4-8-13(12)18-16(19)22/h3-4,7-8,12H,2,5-6,9-11H2,1H3,(H,17,20). The van der Waals surface area contributed by atoms with E-state index in [1.807, 2.05) is 6.92 Å². The molecule has 0 radical (unpaired) electrons. The number of allylic oxidation sites excluding steroid dienone is 3. The molecule has 0 aromatic rings. The van der Waals surface area contributed by atoms with Gasteiger partial charge >= 0.3 is 6.03 Å². The first-order valence-corrected chi connectivity index (χ1v) is 7.69. The third-order valence-corrected chi connectivity index (χ3v) is 3.60. The summed E-state index contributed by atoms with van der Waals surface area (Å²) in [7, 11) is 0. The molecule has 0 spiro atoms. The Morgan fingerprint density at radius 1 is 1.32 bits per heavy atom. The van der Waals surface area contributed by atoms with E-state index in [0.717, 1.165) is 6.42 Å². The number of nitrogens with zero attached hydrogens (tertiary/aromatic N) is 2. The molecule has 0 fully saturated rings. The first-order chi connectivity index (χ1) is 10.6. The Morgan fingerprint density at radius 2 is 2.14 bits per heavy atom. The third-order valence-electron chi connectivity index (χ3n) is 3.60. The minimum Gasteiger partial charge on any atom is -0.356 e. The van der Waals surface area contributed by atoms with E-state index in [2.05, 4.69) is 10.3 Å². The fourth-order valence-electron chi connectivity index (χ4n) is 2.39. The number of hydrogen-bond acceptors (Lipinski definition) is 3. The molecule has 4 amide bonds. The maximum atomic E-state index is 12.3. The van der Waals surface area contributed by atoms with Gasteiger partial charge in [0.1, 0.15) is 0 Å². The van der Waals surface area contributed by atoms with Crippen LogP contribution in [-0.4, -0.2) is 41.5 Å². The molecule has 6 heteroatoms. The van der Waals surface area contributed by atoms with Crippen molar-refractivity contribution in [1.82, 2.24) is 10.2 Å². The average molecular weight is 303 g/mol. The summed E-state index contributed by atoms with van der Waals surface area (Å²) in [5.41, 5.74) is 0.507. The van der Waals surface area contributed by atoms with Crippen molar-refractivity contribution >= 4 is 23.6 Å². The quantitative estimate of drug-likeness (QED) is 0.729. The Balaban J connectivity index is 1.81. The number of carbonyl (C=O) groups is 3. The highest BCUT2D eigenvalue weighted by Crippen LogP contribution is 2.20. The van der Waals surface area contributed by atoms with Crippen LogP contribution in [0, 0.1) is 5.92 Å². The van der Waals surface area contributed by atoms with E-state index in [0.29, 0.717) is 38.1 Å². The molecule has 2 aliphatic rings. The Morgan fingerprint density at radius 3 is 2.91 bits per heavy atom. The van der Waals surface area contributed by atoms with Crippen LogP contribution in [0.5, 0.6) is 0 Å². The maximum Gasteiger partial charge on any atom is 0.350 e. The van der Waals surface area contributed by atoms with Gasteiger partial charge in [-0.15, -0.1) is 0 Å². The zero-order valence-corrected chi connectivity index (χ0v) is 12.7. The van der Waals surface area contributed by atoms with Crippen molar-refractivity contribution in [2.24, 2.45) is 10.9 Å². The van der Waals surface area contributed by atoms with Gasteiger partial charge in [0.2, 0.25) is 11.8 Å². The van der Waals surface area contributed by atoms with Gasteiger partial charge in [0.15, 0.2) is 0 Å². The third kappa shape index (κ3) is 3.90. The van der Waals surface area contributed by atoms with E-state index < -0.39 is 11.9 Å². The molecular formula is C16H21N3O3. The molecule has 0 aromatic carbocycles. The monoisotopic (exact) mass is 303 g/mol. The molecule has 1 heterocycles. The summed E-state index contributed by atoms with van der Waals surface area (Å²) in [5.74, 6) is -0.666. The van der Waals surface area contributed by atoms with Crippen LogP contribution in [0.1, 0.15) is 32.6 Å². The van der Waals surface area contributed by atoms with Crippen molar-refractivity contribution in [1.29, 1.82) is 0 Å². The van der Waals surface area contributed by atoms with Crippen LogP contribution in [0.25, 0.3) is 0 Å². The molecule has 1 N–H and O–H groups in total. The molecule has 0 saturated heterocycles. The second-order valence-electron chi connectivity index (χ2n) is 5.34. The lowest BCUT2D eigenvalue weighted by molar-refractivity contribution is -0.129. The SMILES string of the molecule is CCCNC(=O)CCCCN1C(=O)N=C2C=CC=CC2C1=O. The number of urea groups is 1. The Kier molecular flexibility index (Phi) is 5.63. The molecule has 22 heavy (non-hydrogen) atoms. The predicted octanol–water partition coefficient (Wildman–Crippen LogP) is 1.83. The number of hydrogen-bond donors (Lipinski definition) is 1. The summed E-state index contributed by atoms with van der Waals surface area (Å²) in [6.07, 6.45) is 9.56. The summed E-state index contributed by atoms with van der Waals surface area (Å²) in [6.45, 7) is 2.99. The fourth-order valence-corrected chi connectivity index (χ4v) is 2.39. The van der Waals surface area contributed by atoms with Gasteiger partial charge in [-0.05, 0) is 25.3 Å². The second kappa shape index (κ2) is 7.68. The summed E-state index contributed by atoms with van der Waals surface area (Å²) in [5, 5.41) is 2.80. The summed E-state index contributed by atoms with van der Waals surface area (Å²) < 4.78 is 0. The highest BCUT2D eigenvalue weighted by molar-refractivity contribution is 6.21. The van der Waals surface area contributed by atoms with Gasteiger partial charge in [-0.2, -0.15) is 4.99 Å². The molecule has 0 bridgehead atoms. The van der Waals surface area contributed by atoms with E-state index in [9.17, 15) is 14.4 Å². The number of unbranched alkanes of at least 4 members (excludes halogenated alkanes) is 1. The van der Waals surface area contributed by atoms with Gasteiger partial charge < -0.3 is 5.32 Å². The molecule has 1 unspecified atom stereocenters. The fraction of sp³-hybridized carbons (Fsp3) is 0.500.